The van der Waals surface area contributed by atoms with E-state index in [1.54, 1.807) is 6.92 Å². The maximum Gasteiger partial charge on any atom is 0.416 e. The van der Waals surface area contributed by atoms with Gasteiger partial charge in [0.2, 0.25) is 5.91 Å². The molecule has 24 heavy (non-hydrogen) atoms. The monoisotopic (exact) mass is 349 g/mol. The molecule has 1 rings (SSSR count). The molecule has 0 saturated heterocycles. The molecule has 0 aliphatic carbocycles. The molecule has 10 heteroatoms. The average Bonchev–Trinajstić information content (AvgIpc) is 2.46. The van der Waals surface area contributed by atoms with Crippen molar-refractivity contribution in [3.05, 3.63) is 33.9 Å². The lowest BCUT2D eigenvalue weighted by molar-refractivity contribution is -0.384. The van der Waals surface area contributed by atoms with Gasteiger partial charge in [0, 0.05) is 32.2 Å². The van der Waals surface area contributed by atoms with Crippen LogP contribution in [0.25, 0.3) is 0 Å². The topological polar surface area (TPSA) is 93.5 Å². The molecule has 1 atom stereocenters. The van der Waals surface area contributed by atoms with E-state index in [2.05, 4.69) is 10.6 Å². The first-order chi connectivity index (χ1) is 11.1. The molecule has 2 N–H and O–H groups in total. The Bertz CT molecular complexity index is 593. The van der Waals surface area contributed by atoms with Gasteiger partial charge in [-0.2, -0.15) is 13.2 Å². The van der Waals surface area contributed by atoms with Crippen LogP contribution in [0.1, 0.15) is 18.9 Å². The number of carbonyl (C=O) groups is 1. The molecular formula is C14H18F3N3O4. The van der Waals surface area contributed by atoms with Crippen LogP contribution in [0, 0.1) is 10.1 Å². The van der Waals surface area contributed by atoms with Gasteiger partial charge in [0.05, 0.1) is 17.1 Å². The minimum atomic E-state index is -4.67. The van der Waals surface area contributed by atoms with Crippen molar-refractivity contribution in [2.24, 2.45) is 0 Å². The summed E-state index contributed by atoms with van der Waals surface area (Å²) in [6.45, 7) is 2.12. The fourth-order valence-electron chi connectivity index (χ4n) is 1.96. The number of hydrogen-bond donors (Lipinski definition) is 2. The Kier molecular flexibility index (Phi) is 6.96. The Morgan fingerprint density at radius 2 is 2.08 bits per heavy atom. The summed E-state index contributed by atoms with van der Waals surface area (Å²) < 4.78 is 42.7. The summed E-state index contributed by atoms with van der Waals surface area (Å²) in [5.74, 6) is -0.304. The number of nitro groups is 1. The van der Waals surface area contributed by atoms with Gasteiger partial charge >= 0.3 is 6.18 Å². The minimum Gasteiger partial charge on any atom is -0.383 e. The normalized spacial score (nSPS) is 12.5. The first-order valence-corrected chi connectivity index (χ1v) is 7.03. The minimum absolute atomic E-state index is 0.00618. The predicted octanol–water partition coefficient (Wildman–Crippen LogP) is 2.57. The van der Waals surface area contributed by atoms with Crippen LogP contribution >= 0.6 is 0 Å². The lowest BCUT2D eigenvalue weighted by Gasteiger charge is -2.13. The van der Waals surface area contributed by atoms with Gasteiger partial charge < -0.3 is 15.4 Å². The fourth-order valence-corrected chi connectivity index (χ4v) is 1.96. The number of nitrogens with zero attached hydrogens (tertiary/aromatic N) is 1. The molecule has 0 fully saturated rings. The van der Waals surface area contributed by atoms with Crippen molar-refractivity contribution in [2.75, 3.05) is 25.6 Å². The van der Waals surface area contributed by atoms with E-state index in [0.29, 0.717) is 12.7 Å². The molecule has 0 saturated carbocycles. The van der Waals surface area contributed by atoms with E-state index in [-0.39, 0.29) is 30.6 Å². The fraction of sp³-hybridized carbons (Fsp3) is 0.500. The van der Waals surface area contributed by atoms with E-state index in [1.807, 2.05) is 0 Å². The number of rotatable bonds is 8. The van der Waals surface area contributed by atoms with Crippen LogP contribution in [0.2, 0.25) is 0 Å². The number of halogens is 3. The number of nitro benzene ring substituents is 1. The lowest BCUT2D eigenvalue weighted by Crippen LogP contribution is -2.36. The molecule has 0 aliphatic heterocycles. The molecule has 1 amide bonds. The Labute approximate surface area is 136 Å². The zero-order chi connectivity index (χ0) is 18.3. The summed E-state index contributed by atoms with van der Waals surface area (Å²) in [7, 11) is 1.49. The average molecular weight is 349 g/mol. The molecule has 0 aromatic heterocycles. The Morgan fingerprint density at radius 3 is 2.62 bits per heavy atom. The molecule has 0 heterocycles. The molecule has 1 aromatic carbocycles. The number of alkyl halides is 3. The van der Waals surface area contributed by atoms with Crippen LogP contribution < -0.4 is 10.6 Å². The highest BCUT2D eigenvalue weighted by Crippen LogP contribution is 2.34. The highest BCUT2D eigenvalue weighted by atomic mass is 19.4. The van der Waals surface area contributed by atoms with Crippen molar-refractivity contribution in [2.45, 2.75) is 25.6 Å². The van der Waals surface area contributed by atoms with Crippen molar-refractivity contribution in [3.63, 3.8) is 0 Å². The van der Waals surface area contributed by atoms with Crippen LogP contribution in [-0.4, -0.2) is 37.1 Å². The molecule has 0 radical (unpaired) electrons. The molecule has 0 spiro atoms. The smallest absolute Gasteiger partial charge is 0.383 e. The lowest BCUT2D eigenvalue weighted by atomic mass is 10.1. The maximum atomic E-state index is 12.6. The largest absolute Gasteiger partial charge is 0.416 e. The van der Waals surface area contributed by atoms with Gasteiger partial charge in [-0.1, -0.05) is 0 Å². The second kappa shape index (κ2) is 8.48. The van der Waals surface area contributed by atoms with E-state index in [0.717, 1.165) is 12.1 Å². The summed E-state index contributed by atoms with van der Waals surface area (Å²) in [6.07, 6.45) is -4.66. The second-order valence-corrected chi connectivity index (χ2v) is 5.09. The highest BCUT2D eigenvalue weighted by Gasteiger charge is 2.33. The Morgan fingerprint density at radius 1 is 1.42 bits per heavy atom. The summed E-state index contributed by atoms with van der Waals surface area (Å²) in [5.41, 5.74) is -1.88. The summed E-state index contributed by atoms with van der Waals surface area (Å²) >= 11 is 0. The molecule has 134 valence electrons. The summed E-state index contributed by atoms with van der Waals surface area (Å²) in [4.78, 5) is 21.6. The molecule has 0 bridgehead atoms. The SMILES string of the molecule is COCC(C)NC(=O)CCNc1ccc(C(F)(F)F)cc1[N+](=O)[O-]. The van der Waals surface area contributed by atoms with Crippen LogP contribution in [0.3, 0.4) is 0 Å². The van der Waals surface area contributed by atoms with Crippen LogP contribution in [0.4, 0.5) is 24.5 Å². The quantitative estimate of drug-likeness (QED) is 0.556. The second-order valence-electron chi connectivity index (χ2n) is 5.09. The van der Waals surface area contributed by atoms with Gasteiger partial charge in [-0.05, 0) is 19.1 Å². The van der Waals surface area contributed by atoms with Gasteiger partial charge in [-0.25, -0.2) is 0 Å². The number of carbonyl (C=O) groups excluding carboxylic acids is 1. The first-order valence-electron chi connectivity index (χ1n) is 7.03. The number of hydrogen-bond acceptors (Lipinski definition) is 5. The number of methoxy groups -OCH3 is 1. The van der Waals surface area contributed by atoms with Gasteiger partial charge in [0.25, 0.3) is 5.69 Å². The predicted molar refractivity (Wildman–Crippen MR) is 80.7 cm³/mol. The number of nitrogens with one attached hydrogen (secondary N) is 2. The van der Waals surface area contributed by atoms with Crippen LogP contribution in [0.15, 0.2) is 18.2 Å². The standard InChI is InChI=1S/C14H18F3N3O4/c1-9(8-24-2)19-13(21)5-6-18-11-4-3-10(14(15,16)17)7-12(11)20(22)23/h3-4,7,9,18H,5-6,8H2,1-2H3,(H,19,21). The van der Waals surface area contributed by atoms with Crippen LogP contribution in [-0.2, 0) is 15.7 Å². The van der Waals surface area contributed by atoms with Gasteiger partial charge in [0.1, 0.15) is 5.69 Å². The molecule has 7 nitrogen and oxygen atoms in total. The van der Waals surface area contributed by atoms with Gasteiger partial charge in [-0.3, -0.25) is 14.9 Å². The Hall–Kier alpha value is -2.36. The van der Waals surface area contributed by atoms with Gasteiger partial charge in [0.15, 0.2) is 0 Å². The third kappa shape index (κ3) is 6.03. The zero-order valence-corrected chi connectivity index (χ0v) is 13.1. The van der Waals surface area contributed by atoms with Crippen molar-refractivity contribution in [1.82, 2.24) is 5.32 Å². The van der Waals surface area contributed by atoms with E-state index in [4.69, 9.17) is 4.74 Å². The van der Waals surface area contributed by atoms with Crippen LogP contribution in [0.5, 0.6) is 0 Å². The molecule has 0 aliphatic rings. The van der Waals surface area contributed by atoms with Gasteiger partial charge in [-0.15, -0.1) is 0 Å². The number of anilines is 1. The summed E-state index contributed by atoms with van der Waals surface area (Å²) in [5, 5.41) is 16.2. The third-order valence-corrected chi connectivity index (χ3v) is 3.01. The van der Waals surface area contributed by atoms with E-state index >= 15 is 0 Å². The van der Waals surface area contributed by atoms with Crippen molar-refractivity contribution in [1.29, 1.82) is 0 Å². The maximum absolute atomic E-state index is 12.6. The number of benzene rings is 1. The van der Waals surface area contributed by atoms with Crippen molar-refractivity contribution in [3.8, 4) is 0 Å². The number of amides is 1. The zero-order valence-electron chi connectivity index (χ0n) is 13.1. The highest BCUT2D eigenvalue weighted by molar-refractivity contribution is 5.77. The van der Waals surface area contributed by atoms with Crippen molar-refractivity contribution >= 4 is 17.3 Å². The van der Waals surface area contributed by atoms with Crippen molar-refractivity contribution < 1.29 is 27.6 Å². The molecule has 1 unspecified atom stereocenters. The first kappa shape index (κ1) is 19.7. The third-order valence-electron chi connectivity index (χ3n) is 3.01. The Balaban J connectivity index is 2.68. The van der Waals surface area contributed by atoms with E-state index < -0.39 is 22.4 Å². The summed E-state index contributed by atoms with van der Waals surface area (Å²) in [6, 6.07) is 1.99. The molecule has 1 aromatic rings. The van der Waals surface area contributed by atoms with E-state index in [9.17, 15) is 28.1 Å². The number of ether oxygens (including phenoxy) is 1. The molecular weight excluding hydrogens is 331 g/mol. The van der Waals surface area contributed by atoms with E-state index in [1.165, 1.54) is 7.11 Å².